The fourth-order valence-electron chi connectivity index (χ4n) is 4.35. The molecule has 0 saturated heterocycles. The van der Waals surface area contributed by atoms with E-state index in [9.17, 15) is 0 Å². The van der Waals surface area contributed by atoms with E-state index >= 15 is 0 Å². The highest BCUT2D eigenvalue weighted by atomic mass is 15.1. The number of unbranched alkanes of at least 4 members (excludes halogenated alkanes) is 1. The van der Waals surface area contributed by atoms with Crippen LogP contribution in [-0.4, -0.2) is 24.5 Å². The molecule has 0 aromatic carbocycles. The highest BCUT2D eigenvalue weighted by molar-refractivity contribution is 4.79. The Morgan fingerprint density at radius 2 is 1.61 bits per heavy atom. The van der Waals surface area contributed by atoms with Crippen molar-refractivity contribution in [3.63, 3.8) is 0 Å². The maximum absolute atomic E-state index is 2.67. The van der Waals surface area contributed by atoms with Gasteiger partial charge in [-0.05, 0) is 76.3 Å². The number of rotatable bonds is 12. The lowest BCUT2D eigenvalue weighted by molar-refractivity contribution is 0.148. The minimum atomic E-state index is 0.874. The van der Waals surface area contributed by atoms with Gasteiger partial charge in [0.1, 0.15) is 0 Å². The van der Waals surface area contributed by atoms with Crippen LogP contribution in [0.25, 0.3) is 0 Å². The second-order valence-corrected chi connectivity index (χ2v) is 8.46. The molecule has 0 aliphatic heterocycles. The molecule has 0 bridgehead atoms. The molecule has 1 nitrogen and oxygen atoms in total. The van der Waals surface area contributed by atoms with E-state index in [1.54, 1.807) is 0 Å². The molecule has 0 radical (unpaired) electrons. The Hall–Kier alpha value is -0.0400. The van der Waals surface area contributed by atoms with E-state index in [1.807, 2.05) is 0 Å². The average Bonchev–Trinajstić information content (AvgIpc) is 2.58. The predicted molar refractivity (Wildman–Crippen MR) is 105 cm³/mol. The summed E-state index contributed by atoms with van der Waals surface area (Å²) in [7, 11) is 2.37. The first kappa shape index (κ1) is 21.0. The second kappa shape index (κ2) is 12.3. The molecule has 23 heavy (non-hydrogen) atoms. The number of nitrogens with zero attached hydrogens (tertiary/aromatic N) is 1. The van der Waals surface area contributed by atoms with Crippen LogP contribution in [0.15, 0.2) is 0 Å². The summed E-state index contributed by atoms with van der Waals surface area (Å²) in [4.78, 5) is 2.67. The van der Waals surface area contributed by atoms with Crippen molar-refractivity contribution in [1.29, 1.82) is 0 Å². The van der Waals surface area contributed by atoms with E-state index in [0.29, 0.717) is 0 Å². The van der Waals surface area contributed by atoms with Gasteiger partial charge in [0.2, 0.25) is 0 Å². The third-order valence-electron chi connectivity index (χ3n) is 6.55. The van der Waals surface area contributed by atoms with Crippen molar-refractivity contribution in [2.24, 2.45) is 17.8 Å². The van der Waals surface area contributed by atoms with Gasteiger partial charge in [-0.15, -0.1) is 0 Å². The van der Waals surface area contributed by atoms with Crippen LogP contribution in [0.1, 0.15) is 105 Å². The largest absolute Gasteiger partial charge is 0.303 e. The molecule has 0 N–H and O–H groups in total. The van der Waals surface area contributed by atoms with Gasteiger partial charge in [0.25, 0.3) is 0 Å². The van der Waals surface area contributed by atoms with E-state index in [0.717, 1.165) is 23.8 Å². The third kappa shape index (κ3) is 8.57. The highest BCUT2D eigenvalue weighted by Gasteiger charge is 2.25. The number of hydrogen-bond donors (Lipinski definition) is 0. The molecule has 2 atom stereocenters. The molecule has 1 rings (SSSR count). The molecule has 2 unspecified atom stereocenters. The first-order chi connectivity index (χ1) is 11.1. The maximum atomic E-state index is 2.67. The minimum absolute atomic E-state index is 0.874. The lowest BCUT2D eigenvalue weighted by Crippen LogP contribution is -2.36. The third-order valence-corrected chi connectivity index (χ3v) is 6.55. The van der Waals surface area contributed by atoms with Gasteiger partial charge < -0.3 is 4.90 Å². The molecule has 1 aliphatic rings. The van der Waals surface area contributed by atoms with Gasteiger partial charge in [-0.1, -0.05) is 59.8 Å². The van der Waals surface area contributed by atoms with Gasteiger partial charge in [-0.3, -0.25) is 0 Å². The molecule has 1 heteroatoms. The Bertz CT molecular complexity index is 267. The Balaban J connectivity index is 2.20. The second-order valence-electron chi connectivity index (χ2n) is 8.46. The molecule has 0 aromatic rings. The Morgan fingerprint density at radius 3 is 2.17 bits per heavy atom. The van der Waals surface area contributed by atoms with Crippen molar-refractivity contribution in [1.82, 2.24) is 4.90 Å². The summed E-state index contributed by atoms with van der Waals surface area (Å²) >= 11 is 0. The summed E-state index contributed by atoms with van der Waals surface area (Å²) in [6.45, 7) is 10.8. The smallest absolute Gasteiger partial charge is 0.00924 e. The molecule has 1 fully saturated rings. The van der Waals surface area contributed by atoms with Crippen molar-refractivity contribution in [3.8, 4) is 0 Å². The summed E-state index contributed by atoms with van der Waals surface area (Å²) < 4.78 is 0. The average molecular weight is 324 g/mol. The van der Waals surface area contributed by atoms with Gasteiger partial charge >= 0.3 is 0 Å². The van der Waals surface area contributed by atoms with Gasteiger partial charge in [-0.2, -0.15) is 0 Å². The summed E-state index contributed by atoms with van der Waals surface area (Å²) in [5, 5.41) is 0. The van der Waals surface area contributed by atoms with E-state index < -0.39 is 0 Å². The molecule has 0 amide bonds. The van der Waals surface area contributed by atoms with Crippen LogP contribution in [0, 0.1) is 17.8 Å². The van der Waals surface area contributed by atoms with Crippen LogP contribution in [0.4, 0.5) is 0 Å². The fourth-order valence-corrected chi connectivity index (χ4v) is 4.35. The number of hydrogen-bond acceptors (Lipinski definition) is 1. The van der Waals surface area contributed by atoms with Crippen molar-refractivity contribution < 1.29 is 0 Å². The fraction of sp³-hybridized carbons (Fsp3) is 1.00. The van der Waals surface area contributed by atoms with Crippen LogP contribution in [0.2, 0.25) is 0 Å². The Morgan fingerprint density at radius 1 is 0.913 bits per heavy atom. The predicted octanol–water partition coefficient (Wildman–Crippen LogP) is 6.91. The van der Waals surface area contributed by atoms with Crippen LogP contribution >= 0.6 is 0 Å². The Kier molecular flexibility index (Phi) is 11.3. The molecule has 0 spiro atoms. The molecule has 0 heterocycles. The van der Waals surface area contributed by atoms with Crippen LogP contribution in [0.5, 0.6) is 0 Å². The molecule has 1 saturated carbocycles. The molecule has 0 aromatic heterocycles. The van der Waals surface area contributed by atoms with E-state index in [-0.39, 0.29) is 0 Å². The molecule has 138 valence electrons. The van der Waals surface area contributed by atoms with Crippen molar-refractivity contribution in [3.05, 3.63) is 0 Å². The first-order valence-electron chi connectivity index (χ1n) is 10.8. The minimum Gasteiger partial charge on any atom is -0.303 e. The molecule has 1 aliphatic carbocycles. The van der Waals surface area contributed by atoms with Crippen molar-refractivity contribution in [2.45, 2.75) is 111 Å². The molecular weight excluding hydrogens is 278 g/mol. The van der Waals surface area contributed by atoms with Crippen molar-refractivity contribution >= 4 is 0 Å². The van der Waals surface area contributed by atoms with Gasteiger partial charge in [0.15, 0.2) is 0 Å². The summed E-state index contributed by atoms with van der Waals surface area (Å²) in [5.74, 6) is 2.94. The first-order valence-corrected chi connectivity index (χ1v) is 10.8. The standard InChI is InChI=1S/C22H45N/c1-6-9-12-20(8-3)18-21-13-15-22(16-14-21)23(5)17-10-11-19(4)7-2/h19-22H,6-18H2,1-5H3. The summed E-state index contributed by atoms with van der Waals surface area (Å²) in [6, 6.07) is 0.874. The van der Waals surface area contributed by atoms with Crippen LogP contribution in [-0.2, 0) is 0 Å². The lowest BCUT2D eigenvalue weighted by atomic mass is 9.78. The van der Waals surface area contributed by atoms with Crippen molar-refractivity contribution in [2.75, 3.05) is 13.6 Å². The quantitative estimate of drug-likeness (QED) is 0.377. The van der Waals surface area contributed by atoms with Gasteiger partial charge in [-0.25, -0.2) is 0 Å². The maximum Gasteiger partial charge on any atom is 0.00924 e. The van der Waals surface area contributed by atoms with Crippen LogP contribution < -0.4 is 0 Å². The zero-order valence-corrected chi connectivity index (χ0v) is 16.9. The normalized spacial score (nSPS) is 24.8. The SMILES string of the molecule is CCCCC(CC)CC1CCC(N(C)CCCC(C)CC)CC1. The van der Waals surface area contributed by atoms with Gasteiger partial charge in [0.05, 0.1) is 0 Å². The highest BCUT2D eigenvalue weighted by Crippen LogP contribution is 2.33. The zero-order chi connectivity index (χ0) is 17.1. The zero-order valence-electron chi connectivity index (χ0n) is 16.9. The molecular formula is C22H45N. The monoisotopic (exact) mass is 323 g/mol. The summed E-state index contributed by atoms with van der Waals surface area (Å²) in [6.07, 6.45) is 17.2. The lowest BCUT2D eigenvalue weighted by Gasteiger charge is -2.36. The van der Waals surface area contributed by atoms with E-state index in [2.05, 4.69) is 39.6 Å². The van der Waals surface area contributed by atoms with Gasteiger partial charge in [0, 0.05) is 6.04 Å². The van der Waals surface area contributed by atoms with Crippen LogP contribution in [0.3, 0.4) is 0 Å². The van der Waals surface area contributed by atoms with E-state index in [4.69, 9.17) is 0 Å². The van der Waals surface area contributed by atoms with E-state index in [1.165, 1.54) is 83.6 Å². The summed E-state index contributed by atoms with van der Waals surface area (Å²) in [5.41, 5.74) is 0. The Labute approximate surface area is 147 Å². The topological polar surface area (TPSA) is 3.24 Å².